The molecule has 0 aliphatic heterocycles. The summed E-state index contributed by atoms with van der Waals surface area (Å²) in [7, 11) is 0. The molecule has 0 amide bonds. The Kier molecular flexibility index (Phi) is 4.85. The van der Waals surface area contributed by atoms with E-state index < -0.39 is 6.10 Å². The second kappa shape index (κ2) is 6.20. The van der Waals surface area contributed by atoms with Gasteiger partial charge in [0.15, 0.2) is 0 Å². The highest BCUT2D eigenvalue weighted by molar-refractivity contribution is 5.18. The summed E-state index contributed by atoms with van der Waals surface area (Å²) in [5.41, 5.74) is 0.964. The third-order valence-corrected chi connectivity index (χ3v) is 2.53. The summed E-state index contributed by atoms with van der Waals surface area (Å²) in [6, 6.07) is 9.73. The highest BCUT2D eigenvalue weighted by atomic mass is 16.3. The van der Waals surface area contributed by atoms with Gasteiger partial charge in [-0.1, -0.05) is 42.5 Å². The van der Waals surface area contributed by atoms with Gasteiger partial charge >= 0.3 is 0 Å². The fourth-order valence-corrected chi connectivity index (χ4v) is 1.70. The van der Waals surface area contributed by atoms with Crippen molar-refractivity contribution in [3.63, 3.8) is 0 Å². The third-order valence-electron chi connectivity index (χ3n) is 2.53. The molecule has 0 aliphatic carbocycles. The summed E-state index contributed by atoms with van der Waals surface area (Å²) in [5.74, 6) is 0.183. The minimum Gasteiger partial charge on any atom is -0.388 e. The standard InChI is InChI=1S/C14H18O/c1-3-8-12(9-4-2)14(15)13-10-6-5-7-11-13/h3-7,10-12,14-15H,1-2,8-9H2. The zero-order chi connectivity index (χ0) is 11.1. The van der Waals surface area contributed by atoms with E-state index in [9.17, 15) is 5.11 Å². The SMILES string of the molecule is C=CCC(CC=C)C(O)c1ccccc1. The van der Waals surface area contributed by atoms with Crippen molar-refractivity contribution >= 4 is 0 Å². The molecule has 0 radical (unpaired) electrons. The lowest BCUT2D eigenvalue weighted by molar-refractivity contribution is 0.111. The Hall–Kier alpha value is -1.34. The van der Waals surface area contributed by atoms with Crippen molar-refractivity contribution in [1.29, 1.82) is 0 Å². The summed E-state index contributed by atoms with van der Waals surface area (Å²) < 4.78 is 0. The number of aliphatic hydroxyl groups is 1. The Balaban J connectivity index is 2.75. The lowest BCUT2D eigenvalue weighted by Gasteiger charge is -2.20. The van der Waals surface area contributed by atoms with Crippen LogP contribution in [0.25, 0.3) is 0 Å². The van der Waals surface area contributed by atoms with Crippen LogP contribution in [0.1, 0.15) is 24.5 Å². The number of allylic oxidation sites excluding steroid dienone is 2. The van der Waals surface area contributed by atoms with Crippen molar-refractivity contribution in [3.8, 4) is 0 Å². The molecule has 1 N–H and O–H groups in total. The minimum atomic E-state index is -0.429. The number of hydrogen-bond donors (Lipinski definition) is 1. The highest BCUT2D eigenvalue weighted by Gasteiger charge is 2.17. The molecule has 0 bridgehead atoms. The molecule has 1 aromatic rings. The highest BCUT2D eigenvalue weighted by Crippen LogP contribution is 2.27. The molecule has 1 aromatic carbocycles. The average molecular weight is 202 g/mol. The molecular weight excluding hydrogens is 184 g/mol. The number of benzene rings is 1. The van der Waals surface area contributed by atoms with Gasteiger partial charge in [-0.05, 0) is 24.3 Å². The first-order chi connectivity index (χ1) is 7.29. The Bertz CT molecular complexity index is 292. The molecule has 1 nitrogen and oxygen atoms in total. The van der Waals surface area contributed by atoms with Gasteiger partial charge in [0, 0.05) is 0 Å². The first-order valence-corrected chi connectivity index (χ1v) is 5.24. The van der Waals surface area contributed by atoms with E-state index in [1.54, 1.807) is 0 Å². The van der Waals surface area contributed by atoms with Crippen LogP contribution in [0.3, 0.4) is 0 Å². The maximum Gasteiger partial charge on any atom is 0.0824 e. The van der Waals surface area contributed by atoms with Crippen LogP contribution >= 0.6 is 0 Å². The predicted octanol–water partition coefficient (Wildman–Crippen LogP) is 3.49. The molecule has 1 heteroatoms. The fraction of sp³-hybridized carbons (Fsp3) is 0.286. The third kappa shape index (κ3) is 3.37. The van der Waals surface area contributed by atoms with Gasteiger partial charge in [0.2, 0.25) is 0 Å². The van der Waals surface area contributed by atoms with Crippen molar-refractivity contribution in [2.45, 2.75) is 18.9 Å². The molecule has 0 aromatic heterocycles. The summed E-state index contributed by atoms with van der Waals surface area (Å²) in [6.45, 7) is 7.43. The molecule has 80 valence electrons. The lowest BCUT2D eigenvalue weighted by atomic mass is 9.90. The molecule has 0 spiro atoms. The second-order valence-electron chi connectivity index (χ2n) is 3.66. The van der Waals surface area contributed by atoms with Gasteiger partial charge in [0.1, 0.15) is 0 Å². The second-order valence-corrected chi connectivity index (χ2v) is 3.66. The molecule has 0 heterocycles. The van der Waals surface area contributed by atoms with E-state index >= 15 is 0 Å². The van der Waals surface area contributed by atoms with Crippen molar-refractivity contribution in [2.75, 3.05) is 0 Å². The largest absolute Gasteiger partial charge is 0.388 e. The molecular formula is C14H18O. The number of rotatable bonds is 6. The predicted molar refractivity (Wildman–Crippen MR) is 64.5 cm³/mol. The van der Waals surface area contributed by atoms with E-state index in [0.717, 1.165) is 18.4 Å². The summed E-state index contributed by atoms with van der Waals surface area (Å²) in [4.78, 5) is 0. The van der Waals surface area contributed by atoms with Gasteiger partial charge in [-0.2, -0.15) is 0 Å². The van der Waals surface area contributed by atoms with Gasteiger partial charge in [-0.3, -0.25) is 0 Å². The van der Waals surface area contributed by atoms with Gasteiger partial charge in [0.25, 0.3) is 0 Å². The molecule has 1 atom stereocenters. The van der Waals surface area contributed by atoms with Crippen molar-refractivity contribution in [3.05, 3.63) is 61.2 Å². The Morgan fingerprint density at radius 2 is 1.60 bits per heavy atom. The van der Waals surface area contributed by atoms with E-state index in [1.165, 1.54) is 0 Å². The molecule has 15 heavy (non-hydrogen) atoms. The van der Waals surface area contributed by atoms with Gasteiger partial charge in [0.05, 0.1) is 6.10 Å². The van der Waals surface area contributed by atoms with Crippen LogP contribution in [0.15, 0.2) is 55.6 Å². The van der Waals surface area contributed by atoms with Crippen molar-refractivity contribution < 1.29 is 5.11 Å². The molecule has 0 saturated heterocycles. The van der Waals surface area contributed by atoms with Crippen molar-refractivity contribution in [2.24, 2.45) is 5.92 Å². The zero-order valence-corrected chi connectivity index (χ0v) is 8.97. The van der Waals surface area contributed by atoms with E-state index in [2.05, 4.69) is 13.2 Å². The number of aliphatic hydroxyl groups excluding tert-OH is 1. The maximum atomic E-state index is 10.1. The quantitative estimate of drug-likeness (QED) is 0.700. The van der Waals surface area contributed by atoms with Crippen LogP contribution in [0.4, 0.5) is 0 Å². The lowest BCUT2D eigenvalue weighted by Crippen LogP contribution is -2.11. The van der Waals surface area contributed by atoms with Gasteiger partial charge in [-0.25, -0.2) is 0 Å². The van der Waals surface area contributed by atoms with Gasteiger partial charge in [-0.15, -0.1) is 13.2 Å². The molecule has 0 aliphatic rings. The Morgan fingerprint density at radius 3 is 2.07 bits per heavy atom. The Labute approximate surface area is 91.8 Å². The Morgan fingerprint density at radius 1 is 1.07 bits per heavy atom. The van der Waals surface area contributed by atoms with Crippen LogP contribution in [-0.2, 0) is 0 Å². The van der Waals surface area contributed by atoms with Crippen LogP contribution in [-0.4, -0.2) is 5.11 Å². The zero-order valence-electron chi connectivity index (χ0n) is 8.97. The van der Waals surface area contributed by atoms with Crippen molar-refractivity contribution in [1.82, 2.24) is 0 Å². The van der Waals surface area contributed by atoms with Crippen LogP contribution in [0.2, 0.25) is 0 Å². The molecule has 1 unspecified atom stereocenters. The number of hydrogen-bond acceptors (Lipinski definition) is 1. The first kappa shape index (κ1) is 11.7. The maximum absolute atomic E-state index is 10.1. The smallest absolute Gasteiger partial charge is 0.0824 e. The summed E-state index contributed by atoms with van der Waals surface area (Å²) >= 11 is 0. The topological polar surface area (TPSA) is 20.2 Å². The fourth-order valence-electron chi connectivity index (χ4n) is 1.70. The molecule has 0 fully saturated rings. The normalized spacial score (nSPS) is 12.4. The van der Waals surface area contributed by atoms with Crippen LogP contribution in [0, 0.1) is 5.92 Å². The molecule has 1 rings (SSSR count). The molecule has 0 saturated carbocycles. The van der Waals surface area contributed by atoms with Gasteiger partial charge < -0.3 is 5.11 Å². The van der Waals surface area contributed by atoms with E-state index in [1.807, 2.05) is 42.5 Å². The monoisotopic (exact) mass is 202 g/mol. The van der Waals surface area contributed by atoms with E-state index in [-0.39, 0.29) is 5.92 Å². The average Bonchev–Trinajstić information content (AvgIpc) is 2.29. The van der Waals surface area contributed by atoms with Crippen LogP contribution < -0.4 is 0 Å². The minimum absolute atomic E-state index is 0.183. The summed E-state index contributed by atoms with van der Waals surface area (Å²) in [6.07, 6.45) is 4.88. The van der Waals surface area contributed by atoms with E-state index in [4.69, 9.17) is 0 Å². The first-order valence-electron chi connectivity index (χ1n) is 5.24. The van der Waals surface area contributed by atoms with E-state index in [0.29, 0.717) is 0 Å². The summed E-state index contributed by atoms with van der Waals surface area (Å²) in [5, 5.41) is 10.1. The van der Waals surface area contributed by atoms with Crippen LogP contribution in [0.5, 0.6) is 0 Å².